The highest BCUT2D eigenvalue weighted by Gasteiger charge is 2.56. The van der Waals surface area contributed by atoms with Gasteiger partial charge in [-0.25, -0.2) is 4.79 Å². The van der Waals surface area contributed by atoms with Gasteiger partial charge in [-0.05, 0) is 56.2 Å². The van der Waals surface area contributed by atoms with Crippen LogP contribution in [0.1, 0.15) is 38.2 Å². The van der Waals surface area contributed by atoms with Crippen molar-refractivity contribution >= 4 is 33.8 Å². The predicted molar refractivity (Wildman–Crippen MR) is 105 cm³/mol. The van der Waals surface area contributed by atoms with E-state index in [1.54, 1.807) is 6.92 Å². The van der Waals surface area contributed by atoms with Crippen molar-refractivity contribution < 1.29 is 19.1 Å². The van der Waals surface area contributed by atoms with Crippen LogP contribution in [-0.4, -0.2) is 48.0 Å². The monoisotopic (exact) mass is 449 g/mol. The average Bonchev–Trinajstić information content (AvgIpc) is 3.49. The van der Waals surface area contributed by atoms with Crippen molar-refractivity contribution in [2.75, 3.05) is 19.8 Å². The first kappa shape index (κ1) is 19.4. The lowest BCUT2D eigenvalue weighted by atomic mass is 9.82. The minimum atomic E-state index is -0.877. The van der Waals surface area contributed by atoms with E-state index >= 15 is 0 Å². The molecule has 8 heteroatoms. The SMILES string of the molecule is CC1(C2CC2)NC(=O)N(CC(=O)NC2(c3cccc(Br)c3)CCOCC2)C1=O. The van der Waals surface area contributed by atoms with Crippen molar-refractivity contribution in [3.8, 4) is 0 Å². The van der Waals surface area contributed by atoms with Crippen LogP contribution in [0.2, 0.25) is 0 Å². The first-order chi connectivity index (χ1) is 13.3. The van der Waals surface area contributed by atoms with Crippen molar-refractivity contribution in [3.05, 3.63) is 34.3 Å². The maximum absolute atomic E-state index is 12.9. The number of imide groups is 1. The summed E-state index contributed by atoms with van der Waals surface area (Å²) in [4.78, 5) is 39.0. The molecule has 1 aromatic carbocycles. The normalized spacial score (nSPS) is 26.9. The molecule has 150 valence electrons. The number of hydrogen-bond acceptors (Lipinski definition) is 4. The van der Waals surface area contributed by atoms with E-state index in [1.165, 1.54) is 0 Å². The van der Waals surface area contributed by atoms with Gasteiger partial charge in [0.05, 0.1) is 5.54 Å². The lowest BCUT2D eigenvalue weighted by Gasteiger charge is -2.39. The van der Waals surface area contributed by atoms with Gasteiger partial charge in [0, 0.05) is 17.7 Å². The van der Waals surface area contributed by atoms with Crippen molar-refractivity contribution in [2.24, 2.45) is 5.92 Å². The topological polar surface area (TPSA) is 87.7 Å². The molecule has 2 heterocycles. The molecule has 3 fully saturated rings. The number of nitrogens with one attached hydrogen (secondary N) is 2. The fraction of sp³-hybridized carbons (Fsp3) is 0.550. The van der Waals surface area contributed by atoms with Gasteiger partial charge in [0.25, 0.3) is 5.91 Å². The molecule has 4 rings (SSSR count). The molecule has 0 aromatic heterocycles. The summed E-state index contributed by atoms with van der Waals surface area (Å²) >= 11 is 3.49. The molecule has 0 radical (unpaired) electrons. The van der Waals surface area contributed by atoms with Crippen molar-refractivity contribution in [1.82, 2.24) is 15.5 Å². The second kappa shape index (κ2) is 7.15. The molecule has 2 aliphatic heterocycles. The van der Waals surface area contributed by atoms with E-state index in [9.17, 15) is 14.4 Å². The zero-order valence-electron chi connectivity index (χ0n) is 15.8. The molecule has 0 bridgehead atoms. The zero-order chi connectivity index (χ0) is 19.9. The number of carbonyl (C=O) groups is 3. The smallest absolute Gasteiger partial charge is 0.325 e. The largest absolute Gasteiger partial charge is 0.381 e. The summed E-state index contributed by atoms with van der Waals surface area (Å²) < 4.78 is 6.42. The molecule has 1 aromatic rings. The Balaban J connectivity index is 1.51. The van der Waals surface area contributed by atoms with Gasteiger partial charge in [0.1, 0.15) is 12.1 Å². The number of halogens is 1. The molecule has 1 aliphatic carbocycles. The van der Waals surface area contributed by atoms with Gasteiger partial charge in [-0.1, -0.05) is 28.1 Å². The number of nitrogens with zero attached hydrogens (tertiary/aromatic N) is 1. The Morgan fingerprint density at radius 3 is 2.68 bits per heavy atom. The Hall–Kier alpha value is -1.93. The predicted octanol–water partition coefficient (Wildman–Crippen LogP) is 2.29. The highest BCUT2D eigenvalue weighted by Crippen LogP contribution is 2.42. The fourth-order valence-electron chi connectivity index (χ4n) is 4.24. The molecular weight excluding hydrogens is 426 g/mol. The summed E-state index contributed by atoms with van der Waals surface area (Å²) in [5, 5.41) is 5.88. The lowest BCUT2D eigenvalue weighted by Crippen LogP contribution is -2.53. The third-order valence-corrected chi connectivity index (χ3v) is 6.59. The van der Waals surface area contributed by atoms with Gasteiger partial charge in [0.2, 0.25) is 5.91 Å². The third kappa shape index (κ3) is 3.43. The molecule has 28 heavy (non-hydrogen) atoms. The Morgan fingerprint density at radius 1 is 1.32 bits per heavy atom. The van der Waals surface area contributed by atoms with Gasteiger partial charge < -0.3 is 15.4 Å². The van der Waals surface area contributed by atoms with Crippen LogP contribution in [0.25, 0.3) is 0 Å². The minimum absolute atomic E-state index is 0.167. The van der Waals surface area contributed by atoms with E-state index < -0.39 is 17.1 Å². The van der Waals surface area contributed by atoms with Gasteiger partial charge in [0.15, 0.2) is 0 Å². The molecule has 4 amide bonds. The van der Waals surface area contributed by atoms with Crippen molar-refractivity contribution in [3.63, 3.8) is 0 Å². The highest BCUT2D eigenvalue weighted by molar-refractivity contribution is 9.10. The fourth-order valence-corrected chi connectivity index (χ4v) is 4.64. The second-order valence-electron chi connectivity index (χ2n) is 8.05. The van der Waals surface area contributed by atoms with Crippen LogP contribution in [0.15, 0.2) is 28.7 Å². The van der Waals surface area contributed by atoms with E-state index in [2.05, 4.69) is 26.6 Å². The number of rotatable bonds is 5. The van der Waals surface area contributed by atoms with Gasteiger partial charge in [-0.3, -0.25) is 14.5 Å². The molecule has 1 unspecified atom stereocenters. The maximum Gasteiger partial charge on any atom is 0.325 e. The molecular formula is C20H24BrN3O4. The van der Waals surface area contributed by atoms with Crippen LogP contribution in [0.5, 0.6) is 0 Å². The Morgan fingerprint density at radius 2 is 2.04 bits per heavy atom. The molecule has 2 saturated heterocycles. The van der Waals surface area contributed by atoms with Crippen LogP contribution < -0.4 is 10.6 Å². The summed E-state index contributed by atoms with van der Waals surface area (Å²) in [7, 11) is 0. The van der Waals surface area contributed by atoms with Gasteiger partial charge >= 0.3 is 6.03 Å². The maximum atomic E-state index is 12.9. The number of amides is 4. The van der Waals surface area contributed by atoms with Crippen molar-refractivity contribution in [1.29, 1.82) is 0 Å². The molecule has 1 atom stereocenters. The summed E-state index contributed by atoms with van der Waals surface area (Å²) in [6.45, 7) is 2.55. The highest BCUT2D eigenvalue weighted by atomic mass is 79.9. The number of urea groups is 1. The zero-order valence-corrected chi connectivity index (χ0v) is 17.4. The minimum Gasteiger partial charge on any atom is -0.381 e. The van der Waals surface area contributed by atoms with Gasteiger partial charge in [-0.15, -0.1) is 0 Å². The van der Waals surface area contributed by atoms with E-state index in [0.29, 0.717) is 26.1 Å². The first-order valence-electron chi connectivity index (χ1n) is 9.63. The Labute approximate surface area is 172 Å². The lowest BCUT2D eigenvalue weighted by molar-refractivity contribution is -0.136. The van der Waals surface area contributed by atoms with E-state index in [1.807, 2.05) is 24.3 Å². The summed E-state index contributed by atoms with van der Waals surface area (Å²) in [5.74, 6) is -0.482. The summed E-state index contributed by atoms with van der Waals surface area (Å²) in [5.41, 5.74) is -0.463. The van der Waals surface area contributed by atoms with Crippen molar-refractivity contribution in [2.45, 2.75) is 43.7 Å². The second-order valence-corrected chi connectivity index (χ2v) is 8.97. The van der Waals surface area contributed by atoms with Crippen LogP contribution in [0.3, 0.4) is 0 Å². The Kier molecular flexibility index (Phi) is 4.95. The molecule has 2 N–H and O–H groups in total. The Bertz CT molecular complexity index is 819. The number of carbonyl (C=O) groups excluding carboxylic acids is 3. The van der Waals surface area contributed by atoms with E-state index in [-0.39, 0.29) is 24.3 Å². The quantitative estimate of drug-likeness (QED) is 0.674. The van der Waals surface area contributed by atoms with Gasteiger partial charge in [-0.2, -0.15) is 0 Å². The number of hydrogen-bond donors (Lipinski definition) is 2. The van der Waals surface area contributed by atoms with Crippen LogP contribution in [-0.2, 0) is 19.9 Å². The number of benzene rings is 1. The van der Waals surface area contributed by atoms with E-state index in [0.717, 1.165) is 27.8 Å². The van der Waals surface area contributed by atoms with Crippen LogP contribution in [0, 0.1) is 5.92 Å². The molecule has 1 saturated carbocycles. The standard InChI is InChI=1S/C20H24BrN3O4/c1-19(13-5-6-13)17(26)24(18(27)23-19)12-16(25)22-20(7-9-28-10-8-20)14-3-2-4-15(21)11-14/h2-4,11,13H,5-10,12H2,1H3,(H,22,25)(H,23,27). The average molecular weight is 450 g/mol. The third-order valence-electron chi connectivity index (χ3n) is 6.10. The summed E-state index contributed by atoms with van der Waals surface area (Å²) in [6, 6.07) is 7.35. The van der Waals surface area contributed by atoms with Crippen LogP contribution >= 0.6 is 15.9 Å². The molecule has 3 aliphatic rings. The van der Waals surface area contributed by atoms with Crippen LogP contribution in [0.4, 0.5) is 4.79 Å². The summed E-state index contributed by atoms with van der Waals surface area (Å²) in [6.07, 6.45) is 3.12. The first-order valence-corrected chi connectivity index (χ1v) is 10.4. The number of ether oxygens (including phenoxy) is 1. The molecule has 7 nitrogen and oxygen atoms in total. The van der Waals surface area contributed by atoms with E-state index in [4.69, 9.17) is 4.74 Å². The molecule has 0 spiro atoms.